The number of aliphatic carboxylic acids is 1. The summed E-state index contributed by atoms with van der Waals surface area (Å²) in [5, 5.41) is 14.9. The molecule has 7 N–H and O–H groups in total. The molecule has 0 aromatic heterocycles. The molecule has 0 spiro atoms. The van der Waals surface area contributed by atoms with Gasteiger partial charge in [0.25, 0.3) is 10.2 Å². The summed E-state index contributed by atoms with van der Waals surface area (Å²) in [6.45, 7) is 8.23. The highest BCUT2D eigenvalue weighted by atomic mass is 32.2. The Bertz CT molecular complexity index is 940. The Labute approximate surface area is 214 Å². The van der Waals surface area contributed by atoms with Gasteiger partial charge in [-0.15, -0.1) is 0 Å². The van der Waals surface area contributed by atoms with Gasteiger partial charge >= 0.3 is 5.97 Å². The number of carbonyl (C=O) groups excluding carboxylic acids is 2. The third-order valence-electron chi connectivity index (χ3n) is 5.37. The molecule has 0 unspecified atom stereocenters. The number of hydrogen-bond donors (Lipinski definition) is 6. The van der Waals surface area contributed by atoms with Crippen LogP contribution in [-0.4, -0.2) is 62.5 Å². The average molecular weight is 528 g/mol. The van der Waals surface area contributed by atoms with Crippen molar-refractivity contribution >= 4 is 28.0 Å². The van der Waals surface area contributed by atoms with Crippen molar-refractivity contribution in [1.29, 1.82) is 0 Å². The first-order valence-electron chi connectivity index (χ1n) is 12.2. The standard InChI is InChI=1S/C24H41N5O6S/c1-16(2)15-26-23(31)21(17(3)4)27-22(30)20(14-18-10-6-5-7-11-18)29-36(34,35)28-19(24(32)33)12-8-9-13-25/h5-7,10-11,16-17,19-21,28-29H,8-9,12-15,25H2,1-4H3,(H,26,31)(H,27,30)(H,32,33)/t19-,20-,21-/m0/s1. The Morgan fingerprint density at radius 2 is 1.56 bits per heavy atom. The van der Waals surface area contributed by atoms with Gasteiger partial charge in [0.15, 0.2) is 0 Å². The molecule has 0 saturated heterocycles. The second-order valence-corrected chi connectivity index (χ2v) is 11.0. The first kappa shape index (κ1) is 31.5. The zero-order valence-corrected chi connectivity index (χ0v) is 22.3. The maximum Gasteiger partial charge on any atom is 0.321 e. The van der Waals surface area contributed by atoms with Crippen LogP contribution in [-0.2, 0) is 31.0 Å². The normalized spacial score (nSPS) is 14.3. The van der Waals surface area contributed by atoms with Gasteiger partial charge in [0.05, 0.1) is 0 Å². The molecule has 12 heteroatoms. The van der Waals surface area contributed by atoms with Crippen LogP contribution >= 0.6 is 0 Å². The van der Waals surface area contributed by atoms with Gasteiger partial charge in [-0.05, 0) is 43.2 Å². The second-order valence-electron chi connectivity index (χ2n) is 9.53. The van der Waals surface area contributed by atoms with Crippen molar-refractivity contribution in [3.8, 4) is 0 Å². The van der Waals surface area contributed by atoms with Crippen LogP contribution in [0.25, 0.3) is 0 Å². The Hall–Kier alpha value is -2.54. The first-order chi connectivity index (χ1) is 16.9. The van der Waals surface area contributed by atoms with Crippen LogP contribution in [0.1, 0.15) is 52.5 Å². The molecule has 0 fully saturated rings. The van der Waals surface area contributed by atoms with E-state index >= 15 is 0 Å². The van der Waals surface area contributed by atoms with E-state index in [0.717, 1.165) is 0 Å². The van der Waals surface area contributed by atoms with E-state index in [4.69, 9.17) is 5.73 Å². The van der Waals surface area contributed by atoms with Gasteiger partial charge in [-0.1, -0.05) is 64.4 Å². The molecule has 11 nitrogen and oxygen atoms in total. The summed E-state index contributed by atoms with van der Waals surface area (Å²) in [7, 11) is -4.40. The molecule has 36 heavy (non-hydrogen) atoms. The number of carbonyl (C=O) groups is 3. The third kappa shape index (κ3) is 11.9. The number of carboxylic acids is 1. The van der Waals surface area contributed by atoms with Gasteiger partial charge in [0, 0.05) is 6.54 Å². The lowest BCUT2D eigenvalue weighted by molar-refractivity contribution is -0.139. The third-order valence-corrected chi connectivity index (χ3v) is 6.56. The highest BCUT2D eigenvalue weighted by molar-refractivity contribution is 7.87. The van der Waals surface area contributed by atoms with Crippen LogP contribution in [0.3, 0.4) is 0 Å². The number of nitrogens with two attached hydrogens (primary N) is 1. The Morgan fingerprint density at radius 3 is 2.08 bits per heavy atom. The summed E-state index contributed by atoms with van der Waals surface area (Å²) in [6, 6.07) is 5.24. The molecule has 2 amide bonds. The van der Waals surface area contributed by atoms with Crippen LogP contribution < -0.4 is 25.8 Å². The summed E-state index contributed by atoms with van der Waals surface area (Å²) in [5.74, 6) is -2.43. The van der Waals surface area contributed by atoms with E-state index in [1.807, 2.05) is 13.8 Å². The number of hydrogen-bond acceptors (Lipinski definition) is 6. The second kappa shape index (κ2) is 15.5. The summed E-state index contributed by atoms with van der Waals surface area (Å²) in [5.41, 5.74) is 6.12. The van der Waals surface area contributed by atoms with E-state index in [1.165, 1.54) is 0 Å². The molecular formula is C24H41N5O6S. The summed E-state index contributed by atoms with van der Waals surface area (Å²) in [4.78, 5) is 37.5. The zero-order valence-electron chi connectivity index (χ0n) is 21.5. The van der Waals surface area contributed by atoms with Gasteiger partial charge < -0.3 is 21.5 Å². The molecule has 1 aromatic carbocycles. The van der Waals surface area contributed by atoms with E-state index in [1.54, 1.807) is 44.2 Å². The molecule has 3 atom stereocenters. The minimum atomic E-state index is -4.40. The number of amides is 2. The van der Waals surface area contributed by atoms with E-state index in [0.29, 0.717) is 31.5 Å². The largest absolute Gasteiger partial charge is 0.480 e. The number of benzene rings is 1. The fourth-order valence-electron chi connectivity index (χ4n) is 3.38. The van der Waals surface area contributed by atoms with Crippen molar-refractivity contribution in [2.24, 2.45) is 17.6 Å². The van der Waals surface area contributed by atoms with Crippen LogP contribution in [0.5, 0.6) is 0 Å². The number of rotatable bonds is 17. The Morgan fingerprint density at radius 1 is 0.944 bits per heavy atom. The summed E-state index contributed by atoms with van der Waals surface area (Å²) < 4.78 is 30.1. The van der Waals surface area contributed by atoms with Gasteiger partial charge in [0.2, 0.25) is 11.8 Å². The SMILES string of the molecule is CC(C)CNC(=O)[C@@H](NC(=O)[C@H](Cc1ccccc1)NS(=O)(=O)N[C@@H](CCCCN)C(=O)O)C(C)C. The van der Waals surface area contributed by atoms with Crippen molar-refractivity contribution in [2.45, 2.75) is 71.5 Å². The molecule has 1 rings (SSSR count). The maximum absolute atomic E-state index is 13.2. The molecule has 204 valence electrons. The van der Waals surface area contributed by atoms with Gasteiger partial charge in [-0.2, -0.15) is 17.9 Å². The highest BCUT2D eigenvalue weighted by Crippen LogP contribution is 2.09. The quantitative estimate of drug-likeness (QED) is 0.160. The molecule has 0 aliphatic carbocycles. The predicted octanol–water partition coefficient (Wildman–Crippen LogP) is 0.517. The van der Waals surface area contributed by atoms with Crippen molar-refractivity contribution in [3.05, 3.63) is 35.9 Å². The lowest BCUT2D eigenvalue weighted by Crippen LogP contribution is -2.58. The predicted molar refractivity (Wildman–Crippen MR) is 138 cm³/mol. The number of carboxylic acid groups (broad SMARTS) is 1. The van der Waals surface area contributed by atoms with E-state index in [-0.39, 0.29) is 30.6 Å². The molecule has 0 radical (unpaired) electrons. The van der Waals surface area contributed by atoms with Crippen molar-refractivity contribution in [1.82, 2.24) is 20.1 Å². The highest BCUT2D eigenvalue weighted by Gasteiger charge is 2.32. The topological polar surface area (TPSA) is 180 Å². The molecular weight excluding hydrogens is 486 g/mol. The van der Waals surface area contributed by atoms with Crippen LogP contribution in [0, 0.1) is 11.8 Å². The van der Waals surface area contributed by atoms with E-state index in [9.17, 15) is 27.9 Å². The summed E-state index contributed by atoms with van der Waals surface area (Å²) >= 11 is 0. The molecule has 0 aliphatic heterocycles. The van der Waals surface area contributed by atoms with E-state index < -0.39 is 40.2 Å². The Balaban J connectivity index is 3.09. The average Bonchev–Trinajstić information content (AvgIpc) is 2.80. The minimum absolute atomic E-state index is 0.00305. The van der Waals surface area contributed by atoms with Crippen LogP contribution in [0.2, 0.25) is 0 Å². The van der Waals surface area contributed by atoms with Crippen molar-refractivity contribution in [2.75, 3.05) is 13.1 Å². The minimum Gasteiger partial charge on any atom is -0.480 e. The van der Waals surface area contributed by atoms with Gasteiger partial charge in [-0.3, -0.25) is 14.4 Å². The molecule has 1 aromatic rings. The Kier molecular flexibility index (Phi) is 13.6. The van der Waals surface area contributed by atoms with E-state index in [2.05, 4.69) is 20.1 Å². The van der Waals surface area contributed by atoms with Gasteiger partial charge in [-0.25, -0.2) is 0 Å². The number of nitrogens with one attached hydrogen (secondary N) is 4. The molecule has 0 heterocycles. The maximum atomic E-state index is 13.2. The zero-order chi connectivity index (χ0) is 27.3. The number of unbranched alkanes of at least 4 members (excludes halogenated alkanes) is 1. The van der Waals surface area contributed by atoms with Crippen LogP contribution in [0.4, 0.5) is 0 Å². The molecule has 0 aliphatic rings. The van der Waals surface area contributed by atoms with Crippen LogP contribution in [0.15, 0.2) is 30.3 Å². The lowest BCUT2D eigenvalue weighted by atomic mass is 10.0. The first-order valence-corrected chi connectivity index (χ1v) is 13.7. The lowest BCUT2D eigenvalue weighted by Gasteiger charge is -2.26. The fourth-order valence-corrected chi connectivity index (χ4v) is 4.60. The van der Waals surface area contributed by atoms with Crippen molar-refractivity contribution < 1.29 is 27.9 Å². The molecule has 0 bridgehead atoms. The van der Waals surface area contributed by atoms with Gasteiger partial charge in [0.1, 0.15) is 18.1 Å². The fraction of sp³-hybridized carbons (Fsp3) is 0.625. The summed E-state index contributed by atoms with van der Waals surface area (Å²) in [6.07, 6.45) is 1.02. The molecule has 0 saturated carbocycles. The van der Waals surface area contributed by atoms with Crippen molar-refractivity contribution in [3.63, 3.8) is 0 Å². The monoisotopic (exact) mass is 527 g/mol. The smallest absolute Gasteiger partial charge is 0.321 e.